The number of nitrogens with one attached hydrogen (secondary N) is 1. The molecule has 2 aromatic carbocycles. The van der Waals surface area contributed by atoms with E-state index >= 15 is 0 Å². The largest absolute Gasteiger partial charge is 0.493 e. The molecule has 0 aromatic heterocycles. The summed E-state index contributed by atoms with van der Waals surface area (Å²) in [5.41, 5.74) is 1.52. The first-order valence-electron chi connectivity index (χ1n) is 6.15. The van der Waals surface area contributed by atoms with Crippen molar-refractivity contribution in [1.82, 2.24) is 0 Å². The Bertz CT molecular complexity index is 627. The molecule has 0 radical (unpaired) electrons. The maximum Gasteiger partial charge on any atom is 0.162 e. The number of benzene rings is 2. The van der Waals surface area contributed by atoms with Crippen molar-refractivity contribution in [2.24, 2.45) is 0 Å². The van der Waals surface area contributed by atoms with E-state index in [1.54, 1.807) is 44.6 Å². The molecule has 0 heterocycles. The lowest BCUT2D eigenvalue weighted by atomic mass is 10.2. The summed E-state index contributed by atoms with van der Waals surface area (Å²) >= 11 is 18.5. The summed E-state index contributed by atoms with van der Waals surface area (Å²) in [7, 11) is 3.13. The number of hydrogen-bond donors (Lipinski definition) is 1. The molecule has 3 nitrogen and oxygen atoms in total. The molecule has 2 aromatic rings. The van der Waals surface area contributed by atoms with Gasteiger partial charge in [0.1, 0.15) is 0 Å². The molecule has 1 N–H and O–H groups in total. The van der Waals surface area contributed by atoms with Crippen LogP contribution in [-0.4, -0.2) is 14.2 Å². The first-order valence-corrected chi connectivity index (χ1v) is 7.28. The van der Waals surface area contributed by atoms with Gasteiger partial charge in [-0.25, -0.2) is 0 Å². The predicted molar refractivity (Wildman–Crippen MR) is 88.3 cm³/mol. The van der Waals surface area contributed by atoms with Gasteiger partial charge in [0.2, 0.25) is 0 Å². The molecule has 0 unspecified atom stereocenters. The molecule has 0 saturated carbocycles. The topological polar surface area (TPSA) is 30.5 Å². The highest BCUT2D eigenvalue weighted by Crippen LogP contribution is 2.36. The highest BCUT2D eigenvalue weighted by Gasteiger charge is 2.11. The Labute approximate surface area is 138 Å². The van der Waals surface area contributed by atoms with Crippen LogP contribution in [0.4, 0.5) is 5.69 Å². The fourth-order valence-corrected chi connectivity index (χ4v) is 2.63. The minimum atomic E-state index is 0.452. The molecular formula is C15H14Cl3NO2. The second-order valence-corrected chi connectivity index (χ2v) is 5.46. The normalized spacial score (nSPS) is 10.3. The quantitative estimate of drug-likeness (QED) is 0.799. The number of halogens is 3. The molecule has 112 valence electrons. The Balaban J connectivity index is 2.24. The third-order valence-electron chi connectivity index (χ3n) is 2.99. The van der Waals surface area contributed by atoms with Gasteiger partial charge in [0.25, 0.3) is 0 Å². The molecule has 0 aliphatic heterocycles. The van der Waals surface area contributed by atoms with Gasteiger partial charge in [-0.1, -0.05) is 40.9 Å². The first-order chi connectivity index (χ1) is 10.1. The molecule has 0 amide bonds. The van der Waals surface area contributed by atoms with Gasteiger partial charge in [-0.05, 0) is 12.1 Å². The van der Waals surface area contributed by atoms with E-state index in [-0.39, 0.29) is 0 Å². The van der Waals surface area contributed by atoms with Crippen LogP contribution < -0.4 is 14.8 Å². The van der Waals surface area contributed by atoms with Crippen molar-refractivity contribution in [3.8, 4) is 11.5 Å². The number of anilines is 1. The Kier molecular flexibility index (Phi) is 5.45. The van der Waals surface area contributed by atoms with Crippen molar-refractivity contribution in [1.29, 1.82) is 0 Å². The van der Waals surface area contributed by atoms with E-state index < -0.39 is 0 Å². The minimum absolute atomic E-state index is 0.452. The van der Waals surface area contributed by atoms with Gasteiger partial charge in [-0.3, -0.25) is 0 Å². The molecular weight excluding hydrogens is 333 g/mol. The van der Waals surface area contributed by atoms with E-state index in [2.05, 4.69) is 5.32 Å². The van der Waals surface area contributed by atoms with E-state index in [9.17, 15) is 0 Å². The SMILES string of the molecule is COc1cc(Cl)c(NCc2c(Cl)cccc2Cl)cc1OC. The van der Waals surface area contributed by atoms with Crippen molar-refractivity contribution in [2.45, 2.75) is 6.54 Å². The Hall–Kier alpha value is -1.29. The van der Waals surface area contributed by atoms with E-state index in [1.165, 1.54) is 0 Å². The molecule has 0 fully saturated rings. The second kappa shape index (κ2) is 7.12. The zero-order valence-electron chi connectivity index (χ0n) is 11.5. The highest BCUT2D eigenvalue weighted by atomic mass is 35.5. The minimum Gasteiger partial charge on any atom is -0.493 e. The van der Waals surface area contributed by atoms with Crippen LogP contribution in [0.3, 0.4) is 0 Å². The molecule has 0 aliphatic carbocycles. The van der Waals surface area contributed by atoms with Gasteiger partial charge in [-0.2, -0.15) is 0 Å². The van der Waals surface area contributed by atoms with Gasteiger partial charge in [0, 0.05) is 34.3 Å². The van der Waals surface area contributed by atoms with E-state index in [0.717, 1.165) is 5.56 Å². The zero-order valence-corrected chi connectivity index (χ0v) is 13.8. The van der Waals surface area contributed by atoms with Gasteiger partial charge in [0.15, 0.2) is 11.5 Å². The maximum atomic E-state index is 6.22. The Morgan fingerprint density at radius 3 is 2.05 bits per heavy atom. The monoisotopic (exact) mass is 345 g/mol. The van der Waals surface area contributed by atoms with Crippen LogP contribution in [0.1, 0.15) is 5.56 Å². The van der Waals surface area contributed by atoms with Gasteiger partial charge < -0.3 is 14.8 Å². The summed E-state index contributed by atoms with van der Waals surface area (Å²) in [5.74, 6) is 1.17. The van der Waals surface area contributed by atoms with Crippen molar-refractivity contribution >= 4 is 40.5 Å². The summed E-state index contributed by atoms with van der Waals surface area (Å²) in [6.07, 6.45) is 0. The summed E-state index contributed by atoms with van der Waals surface area (Å²) in [6, 6.07) is 8.85. The fourth-order valence-electron chi connectivity index (χ4n) is 1.87. The van der Waals surface area contributed by atoms with Crippen LogP contribution in [0.2, 0.25) is 15.1 Å². The number of ether oxygens (including phenoxy) is 2. The summed E-state index contributed by atoms with van der Waals surface area (Å²) in [4.78, 5) is 0. The van der Waals surface area contributed by atoms with Gasteiger partial charge >= 0.3 is 0 Å². The van der Waals surface area contributed by atoms with Gasteiger partial charge in [0.05, 0.1) is 24.9 Å². The lowest BCUT2D eigenvalue weighted by molar-refractivity contribution is 0.355. The molecule has 2 rings (SSSR count). The van der Waals surface area contributed by atoms with Crippen LogP contribution >= 0.6 is 34.8 Å². The van der Waals surface area contributed by atoms with Crippen LogP contribution in [0.25, 0.3) is 0 Å². The van der Waals surface area contributed by atoms with Crippen LogP contribution in [0.15, 0.2) is 30.3 Å². The van der Waals surface area contributed by atoms with Crippen molar-refractivity contribution in [2.75, 3.05) is 19.5 Å². The van der Waals surface area contributed by atoms with E-state index in [4.69, 9.17) is 44.3 Å². The smallest absolute Gasteiger partial charge is 0.162 e. The number of methoxy groups -OCH3 is 2. The lowest BCUT2D eigenvalue weighted by Gasteiger charge is -2.14. The predicted octanol–water partition coefficient (Wildman–Crippen LogP) is 5.28. The summed E-state index contributed by atoms with van der Waals surface area (Å²) < 4.78 is 10.4. The van der Waals surface area contributed by atoms with E-state index in [0.29, 0.717) is 38.8 Å². The van der Waals surface area contributed by atoms with Crippen molar-refractivity contribution in [3.05, 3.63) is 51.0 Å². The summed E-state index contributed by atoms with van der Waals surface area (Å²) in [5, 5.41) is 4.93. The summed E-state index contributed by atoms with van der Waals surface area (Å²) in [6.45, 7) is 0.452. The number of rotatable bonds is 5. The molecule has 0 bridgehead atoms. The fraction of sp³-hybridized carbons (Fsp3) is 0.200. The standard InChI is InChI=1S/C15H14Cl3NO2/c1-20-14-6-12(18)13(7-15(14)21-2)19-8-9-10(16)4-3-5-11(9)17/h3-7,19H,8H2,1-2H3. The lowest BCUT2D eigenvalue weighted by Crippen LogP contribution is -2.02. The first kappa shape index (κ1) is 16.1. The zero-order chi connectivity index (χ0) is 15.4. The Morgan fingerprint density at radius 1 is 0.905 bits per heavy atom. The third kappa shape index (κ3) is 3.67. The highest BCUT2D eigenvalue weighted by molar-refractivity contribution is 6.36. The van der Waals surface area contributed by atoms with Crippen LogP contribution in [0, 0.1) is 0 Å². The van der Waals surface area contributed by atoms with Crippen LogP contribution in [-0.2, 0) is 6.54 Å². The third-order valence-corrected chi connectivity index (χ3v) is 4.01. The average Bonchev–Trinajstić information content (AvgIpc) is 2.47. The van der Waals surface area contributed by atoms with Crippen molar-refractivity contribution in [3.63, 3.8) is 0 Å². The molecule has 0 saturated heterocycles. The van der Waals surface area contributed by atoms with Gasteiger partial charge in [-0.15, -0.1) is 0 Å². The average molecular weight is 347 g/mol. The molecule has 0 atom stereocenters. The van der Waals surface area contributed by atoms with Crippen LogP contribution in [0.5, 0.6) is 11.5 Å². The second-order valence-electron chi connectivity index (χ2n) is 4.24. The molecule has 0 aliphatic rings. The van der Waals surface area contributed by atoms with Crippen molar-refractivity contribution < 1.29 is 9.47 Å². The molecule has 21 heavy (non-hydrogen) atoms. The molecule has 6 heteroatoms. The van der Waals surface area contributed by atoms with E-state index in [1.807, 2.05) is 0 Å². The number of hydrogen-bond acceptors (Lipinski definition) is 3. The maximum absolute atomic E-state index is 6.22. The Morgan fingerprint density at radius 2 is 1.48 bits per heavy atom. The molecule has 0 spiro atoms.